The van der Waals surface area contributed by atoms with Crippen molar-refractivity contribution in [2.45, 2.75) is 26.0 Å². The summed E-state index contributed by atoms with van der Waals surface area (Å²) in [4.78, 5) is 8.82. The Labute approximate surface area is 96.6 Å². The molecular formula is C11H18NO3P. The molecule has 0 aliphatic rings. The number of rotatable bonds is 7. The molecule has 2 atom stereocenters. The van der Waals surface area contributed by atoms with E-state index in [1.165, 1.54) is 0 Å². The van der Waals surface area contributed by atoms with Crippen molar-refractivity contribution in [3.63, 3.8) is 0 Å². The van der Waals surface area contributed by atoms with Crippen molar-refractivity contribution in [1.29, 1.82) is 0 Å². The van der Waals surface area contributed by atoms with Crippen LogP contribution in [0.4, 0.5) is 0 Å². The van der Waals surface area contributed by atoms with Crippen LogP contribution in [0.25, 0.3) is 0 Å². The SMILES string of the molecule is CCCCNC(O[PH](=O)O)c1ccccc1. The molecule has 0 heterocycles. The molecule has 0 radical (unpaired) electrons. The number of unbranched alkanes of at least 4 members (excludes halogenated alkanes) is 1. The van der Waals surface area contributed by atoms with Gasteiger partial charge in [0.25, 0.3) is 0 Å². The van der Waals surface area contributed by atoms with E-state index in [0.29, 0.717) is 0 Å². The standard InChI is InChI=1S/C11H18NO3P/c1-2-3-9-12-11(15-16(13)14)10-7-5-4-6-8-10/h4-8,11-12,16H,2-3,9H2,1H3,(H,13,14). The van der Waals surface area contributed by atoms with Gasteiger partial charge in [-0.05, 0) is 18.5 Å². The fourth-order valence-corrected chi connectivity index (χ4v) is 1.79. The normalized spacial score (nSPS) is 14.6. The van der Waals surface area contributed by atoms with Gasteiger partial charge in [-0.3, -0.25) is 14.4 Å². The molecule has 5 heteroatoms. The van der Waals surface area contributed by atoms with Gasteiger partial charge in [-0.1, -0.05) is 43.7 Å². The topological polar surface area (TPSA) is 58.6 Å². The second-order valence-corrected chi connectivity index (χ2v) is 4.25. The Morgan fingerprint density at radius 3 is 2.69 bits per heavy atom. The summed E-state index contributed by atoms with van der Waals surface area (Å²) in [7, 11) is -2.93. The van der Waals surface area contributed by atoms with E-state index in [-0.39, 0.29) is 0 Å². The average molecular weight is 243 g/mol. The fraction of sp³-hybridized carbons (Fsp3) is 0.455. The number of nitrogens with one attached hydrogen (secondary N) is 1. The minimum atomic E-state index is -2.93. The third kappa shape index (κ3) is 4.90. The lowest BCUT2D eigenvalue weighted by molar-refractivity contribution is 0.156. The highest BCUT2D eigenvalue weighted by atomic mass is 31.1. The summed E-state index contributed by atoms with van der Waals surface area (Å²) in [5.74, 6) is 0. The molecule has 0 aliphatic heterocycles. The Kier molecular flexibility index (Phi) is 6.34. The molecule has 0 bridgehead atoms. The van der Waals surface area contributed by atoms with Crippen molar-refractivity contribution >= 4 is 8.25 Å². The van der Waals surface area contributed by atoms with Crippen molar-refractivity contribution in [1.82, 2.24) is 5.32 Å². The second kappa shape index (κ2) is 7.58. The molecule has 0 saturated carbocycles. The molecule has 2 N–H and O–H groups in total. The molecule has 0 fully saturated rings. The van der Waals surface area contributed by atoms with Crippen LogP contribution in [0.2, 0.25) is 0 Å². The van der Waals surface area contributed by atoms with Crippen LogP contribution in [0.15, 0.2) is 30.3 Å². The van der Waals surface area contributed by atoms with E-state index in [9.17, 15) is 4.57 Å². The molecule has 0 spiro atoms. The Hall–Kier alpha value is -0.670. The number of hydrogen-bond acceptors (Lipinski definition) is 3. The lowest BCUT2D eigenvalue weighted by Gasteiger charge is -2.17. The molecule has 16 heavy (non-hydrogen) atoms. The van der Waals surface area contributed by atoms with Crippen LogP contribution < -0.4 is 5.32 Å². The number of hydrogen-bond donors (Lipinski definition) is 2. The van der Waals surface area contributed by atoms with Crippen molar-refractivity contribution < 1.29 is 14.0 Å². The van der Waals surface area contributed by atoms with Gasteiger partial charge in [-0.25, -0.2) is 0 Å². The lowest BCUT2D eigenvalue weighted by atomic mass is 10.2. The van der Waals surface area contributed by atoms with Crippen LogP contribution in [0.1, 0.15) is 31.6 Å². The smallest absolute Gasteiger partial charge is 0.318 e. The van der Waals surface area contributed by atoms with Crippen molar-refractivity contribution in [2.75, 3.05) is 6.54 Å². The van der Waals surface area contributed by atoms with Gasteiger partial charge in [0, 0.05) is 0 Å². The largest absolute Gasteiger partial charge is 0.326 e. The summed E-state index contributed by atoms with van der Waals surface area (Å²) in [5.41, 5.74) is 0.867. The Bertz CT molecular complexity index is 318. The molecule has 2 unspecified atom stereocenters. The zero-order valence-electron chi connectivity index (χ0n) is 9.35. The minimum Gasteiger partial charge on any atom is -0.326 e. The van der Waals surface area contributed by atoms with Gasteiger partial charge in [0.2, 0.25) is 0 Å². The first-order chi connectivity index (χ1) is 7.74. The van der Waals surface area contributed by atoms with Crippen LogP contribution >= 0.6 is 8.25 Å². The third-order valence-electron chi connectivity index (χ3n) is 2.18. The van der Waals surface area contributed by atoms with Crippen LogP contribution in [-0.2, 0) is 9.09 Å². The molecule has 1 rings (SSSR count). The van der Waals surface area contributed by atoms with Crippen LogP contribution in [-0.4, -0.2) is 11.4 Å². The van der Waals surface area contributed by atoms with Gasteiger partial charge in [0.1, 0.15) is 6.23 Å². The lowest BCUT2D eigenvalue weighted by Crippen LogP contribution is -2.23. The van der Waals surface area contributed by atoms with E-state index in [4.69, 9.17) is 9.42 Å². The molecule has 0 amide bonds. The van der Waals surface area contributed by atoms with Crippen LogP contribution in [0, 0.1) is 0 Å². The summed E-state index contributed by atoms with van der Waals surface area (Å²) in [6, 6.07) is 9.39. The highest BCUT2D eigenvalue weighted by Gasteiger charge is 2.12. The van der Waals surface area contributed by atoms with Crippen molar-refractivity contribution in [3.8, 4) is 0 Å². The predicted molar refractivity (Wildman–Crippen MR) is 64.4 cm³/mol. The van der Waals surface area contributed by atoms with Gasteiger partial charge >= 0.3 is 8.25 Å². The van der Waals surface area contributed by atoms with Crippen LogP contribution in [0.5, 0.6) is 0 Å². The van der Waals surface area contributed by atoms with E-state index < -0.39 is 14.5 Å². The van der Waals surface area contributed by atoms with E-state index in [0.717, 1.165) is 24.9 Å². The monoisotopic (exact) mass is 243 g/mol. The maximum atomic E-state index is 10.7. The zero-order chi connectivity index (χ0) is 11.8. The van der Waals surface area contributed by atoms with Gasteiger partial charge in [0.05, 0.1) is 0 Å². The minimum absolute atomic E-state index is 0.496. The van der Waals surface area contributed by atoms with Crippen LogP contribution in [0.3, 0.4) is 0 Å². The summed E-state index contributed by atoms with van der Waals surface area (Å²) in [6.07, 6.45) is 1.59. The summed E-state index contributed by atoms with van der Waals surface area (Å²) >= 11 is 0. The third-order valence-corrected chi connectivity index (χ3v) is 2.62. The highest BCUT2D eigenvalue weighted by molar-refractivity contribution is 7.32. The van der Waals surface area contributed by atoms with Gasteiger partial charge in [-0.2, -0.15) is 0 Å². The van der Waals surface area contributed by atoms with Gasteiger partial charge in [-0.15, -0.1) is 0 Å². The Morgan fingerprint density at radius 1 is 1.44 bits per heavy atom. The highest BCUT2D eigenvalue weighted by Crippen LogP contribution is 2.26. The molecule has 1 aromatic carbocycles. The van der Waals surface area contributed by atoms with Crippen molar-refractivity contribution in [2.24, 2.45) is 0 Å². The summed E-state index contributed by atoms with van der Waals surface area (Å²) in [5, 5.41) is 3.11. The molecule has 4 nitrogen and oxygen atoms in total. The van der Waals surface area contributed by atoms with Gasteiger partial charge < -0.3 is 4.89 Å². The van der Waals surface area contributed by atoms with E-state index in [2.05, 4.69) is 12.2 Å². The molecular weight excluding hydrogens is 225 g/mol. The summed E-state index contributed by atoms with van der Waals surface area (Å²) < 4.78 is 15.7. The molecule has 1 aromatic rings. The quantitative estimate of drug-likeness (QED) is 0.439. The van der Waals surface area contributed by atoms with E-state index >= 15 is 0 Å². The van der Waals surface area contributed by atoms with E-state index in [1.54, 1.807) is 0 Å². The molecule has 90 valence electrons. The zero-order valence-corrected chi connectivity index (χ0v) is 10.3. The molecule has 0 aliphatic carbocycles. The Balaban J connectivity index is 2.60. The second-order valence-electron chi connectivity index (χ2n) is 3.48. The first-order valence-electron chi connectivity index (χ1n) is 5.42. The van der Waals surface area contributed by atoms with E-state index in [1.807, 2.05) is 30.3 Å². The predicted octanol–water partition coefficient (Wildman–Crippen LogP) is 2.47. The van der Waals surface area contributed by atoms with Crippen molar-refractivity contribution in [3.05, 3.63) is 35.9 Å². The fourth-order valence-electron chi connectivity index (χ4n) is 1.37. The maximum Gasteiger partial charge on any atom is 0.318 e. The van der Waals surface area contributed by atoms with Gasteiger partial charge in [0.15, 0.2) is 0 Å². The summed E-state index contributed by atoms with van der Waals surface area (Å²) in [6.45, 7) is 2.86. The average Bonchev–Trinajstić information content (AvgIpc) is 2.29. The first kappa shape index (κ1) is 13.4. The molecule has 0 aromatic heterocycles. The Morgan fingerprint density at radius 2 is 2.12 bits per heavy atom. The maximum absolute atomic E-state index is 10.7. The molecule has 0 saturated heterocycles. The number of benzene rings is 1. The first-order valence-corrected chi connectivity index (χ1v) is 6.68.